The van der Waals surface area contributed by atoms with Crippen molar-refractivity contribution in [3.05, 3.63) is 53.2 Å². The van der Waals surface area contributed by atoms with Crippen LogP contribution in [-0.2, 0) is 0 Å². The summed E-state index contributed by atoms with van der Waals surface area (Å²) in [4.78, 5) is 21.2. The Labute approximate surface area is 139 Å². The van der Waals surface area contributed by atoms with Gasteiger partial charge in [-0.2, -0.15) is 0 Å². The Morgan fingerprint density at radius 3 is 2.62 bits per heavy atom. The van der Waals surface area contributed by atoms with E-state index in [1.54, 1.807) is 42.1 Å². The maximum atomic E-state index is 12.5. The number of ether oxygens (including phenoxy) is 1. The highest BCUT2D eigenvalue weighted by molar-refractivity contribution is 6.06. The Hall–Kier alpha value is -3.33. The van der Waals surface area contributed by atoms with E-state index >= 15 is 0 Å². The van der Waals surface area contributed by atoms with E-state index in [-0.39, 0.29) is 11.6 Å². The van der Waals surface area contributed by atoms with Crippen molar-refractivity contribution < 1.29 is 9.53 Å². The molecule has 0 aliphatic carbocycles. The van der Waals surface area contributed by atoms with Gasteiger partial charge < -0.3 is 10.1 Å². The summed E-state index contributed by atoms with van der Waals surface area (Å²) >= 11 is 0. The Morgan fingerprint density at radius 1 is 1.29 bits per heavy atom. The van der Waals surface area contributed by atoms with E-state index in [9.17, 15) is 4.79 Å². The van der Waals surface area contributed by atoms with Crippen LogP contribution in [0, 0.1) is 26.2 Å². The maximum absolute atomic E-state index is 12.5. The van der Waals surface area contributed by atoms with Crippen LogP contribution in [0.25, 0.3) is 5.65 Å². The number of aromatic nitrogens is 3. The summed E-state index contributed by atoms with van der Waals surface area (Å²) in [6.07, 6.45) is 6.89. The van der Waals surface area contributed by atoms with Crippen LogP contribution in [0.3, 0.4) is 0 Å². The highest BCUT2D eigenvalue weighted by Gasteiger charge is 2.19. The third kappa shape index (κ3) is 2.57. The first-order valence-electron chi connectivity index (χ1n) is 7.31. The second kappa shape index (κ2) is 6.05. The first-order chi connectivity index (χ1) is 11.5. The first kappa shape index (κ1) is 15.6. The van der Waals surface area contributed by atoms with Gasteiger partial charge in [-0.1, -0.05) is 5.92 Å². The van der Waals surface area contributed by atoms with Gasteiger partial charge in [-0.25, -0.2) is 9.97 Å². The minimum atomic E-state index is -0.331. The number of nitrogens with zero attached hydrogens (tertiary/aromatic N) is 3. The number of carbonyl (C=O) groups excluding carboxylic acids is 1. The number of benzene rings is 1. The zero-order valence-electron chi connectivity index (χ0n) is 13.6. The number of fused-ring (bicyclic) bond motifs is 1. The van der Waals surface area contributed by atoms with Crippen molar-refractivity contribution in [1.82, 2.24) is 14.4 Å². The number of methoxy groups -OCH3 is 1. The average Bonchev–Trinajstić information content (AvgIpc) is 3.00. The summed E-state index contributed by atoms with van der Waals surface area (Å²) in [5.74, 6) is 2.88. The molecule has 120 valence electrons. The molecule has 1 aromatic carbocycles. The molecule has 0 saturated heterocycles. The van der Waals surface area contributed by atoms with Crippen molar-refractivity contribution in [1.29, 1.82) is 0 Å². The lowest BCUT2D eigenvalue weighted by Gasteiger charge is -2.10. The van der Waals surface area contributed by atoms with E-state index in [1.807, 2.05) is 13.8 Å². The summed E-state index contributed by atoms with van der Waals surface area (Å²) in [5, 5.41) is 2.80. The van der Waals surface area contributed by atoms with Crippen LogP contribution in [0.15, 0.2) is 30.6 Å². The highest BCUT2D eigenvalue weighted by atomic mass is 16.5. The van der Waals surface area contributed by atoms with Gasteiger partial charge in [0.2, 0.25) is 0 Å². The summed E-state index contributed by atoms with van der Waals surface area (Å²) in [6, 6.07) is 7.02. The molecule has 1 N–H and O–H groups in total. The molecule has 1 amide bonds. The predicted molar refractivity (Wildman–Crippen MR) is 91.3 cm³/mol. The summed E-state index contributed by atoms with van der Waals surface area (Å²) < 4.78 is 7.08. The lowest BCUT2D eigenvalue weighted by Crippen LogP contribution is -2.13. The van der Waals surface area contributed by atoms with Crippen molar-refractivity contribution in [2.45, 2.75) is 13.8 Å². The van der Waals surface area contributed by atoms with Crippen LogP contribution in [0.2, 0.25) is 0 Å². The van der Waals surface area contributed by atoms with Crippen LogP contribution >= 0.6 is 0 Å². The topological polar surface area (TPSA) is 68.5 Å². The predicted octanol–water partition coefficient (Wildman–Crippen LogP) is 2.59. The van der Waals surface area contributed by atoms with Crippen LogP contribution in [0.5, 0.6) is 5.75 Å². The fourth-order valence-electron chi connectivity index (χ4n) is 2.57. The van der Waals surface area contributed by atoms with Gasteiger partial charge in [0.1, 0.15) is 6.33 Å². The van der Waals surface area contributed by atoms with Gasteiger partial charge in [0.25, 0.3) is 5.91 Å². The molecule has 0 aliphatic rings. The number of imidazole rings is 1. The highest BCUT2D eigenvalue weighted by Crippen LogP contribution is 2.23. The average molecular weight is 320 g/mol. The smallest absolute Gasteiger partial charge is 0.278 e. The fraction of sp³-hybridized carbons (Fsp3) is 0.167. The largest absolute Gasteiger partial charge is 0.493 e. The second-order valence-electron chi connectivity index (χ2n) is 5.28. The minimum Gasteiger partial charge on any atom is -0.493 e. The molecule has 0 unspecified atom stereocenters. The Morgan fingerprint density at radius 2 is 2.00 bits per heavy atom. The molecule has 3 rings (SSSR count). The van der Waals surface area contributed by atoms with Crippen LogP contribution in [0.4, 0.5) is 5.69 Å². The normalized spacial score (nSPS) is 10.4. The first-order valence-corrected chi connectivity index (χ1v) is 7.31. The number of anilines is 1. The van der Waals surface area contributed by atoms with Crippen LogP contribution in [0.1, 0.15) is 27.4 Å². The van der Waals surface area contributed by atoms with Gasteiger partial charge in [0.15, 0.2) is 17.1 Å². The maximum Gasteiger partial charge on any atom is 0.278 e. The quantitative estimate of drug-likeness (QED) is 0.753. The molecule has 2 heterocycles. The summed E-state index contributed by atoms with van der Waals surface area (Å²) in [7, 11) is 1.59. The van der Waals surface area contributed by atoms with Gasteiger partial charge in [-0.15, -0.1) is 6.42 Å². The number of carbonyl (C=O) groups is 1. The fourth-order valence-corrected chi connectivity index (χ4v) is 2.57. The number of aryl methyl sites for hydroxylation is 2. The van der Waals surface area contributed by atoms with E-state index in [0.29, 0.717) is 22.8 Å². The van der Waals surface area contributed by atoms with Crippen molar-refractivity contribution in [3.63, 3.8) is 0 Å². The number of terminal acetylenes is 1. The molecule has 3 aromatic rings. The molecule has 24 heavy (non-hydrogen) atoms. The Kier molecular flexibility index (Phi) is 3.92. The summed E-state index contributed by atoms with van der Waals surface area (Å²) in [6.45, 7) is 3.72. The molecule has 0 radical (unpaired) electrons. The lowest BCUT2D eigenvalue weighted by molar-refractivity contribution is 0.102. The van der Waals surface area contributed by atoms with Gasteiger partial charge in [0.05, 0.1) is 18.5 Å². The molecular formula is C18H16N4O2. The van der Waals surface area contributed by atoms with Crippen molar-refractivity contribution in [2.75, 3.05) is 12.4 Å². The number of nitrogens with one attached hydrogen (secondary N) is 1. The van der Waals surface area contributed by atoms with Crippen molar-refractivity contribution in [2.24, 2.45) is 0 Å². The minimum absolute atomic E-state index is 0.255. The van der Waals surface area contributed by atoms with Crippen molar-refractivity contribution in [3.8, 4) is 18.1 Å². The molecule has 0 bridgehead atoms. The molecule has 0 saturated carbocycles. The number of rotatable bonds is 3. The molecule has 0 spiro atoms. The molecule has 0 atom stereocenters. The van der Waals surface area contributed by atoms with E-state index in [2.05, 4.69) is 21.2 Å². The Balaban J connectivity index is 1.97. The van der Waals surface area contributed by atoms with E-state index in [0.717, 1.165) is 11.3 Å². The number of hydrogen-bond acceptors (Lipinski definition) is 4. The monoisotopic (exact) mass is 320 g/mol. The Bertz CT molecular complexity index is 965. The zero-order chi connectivity index (χ0) is 17.3. The van der Waals surface area contributed by atoms with Gasteiger partial charge >= 0.3 is 0 Å². The second-order valence-corrected chi connectivity index (χ2v) is 5.28. The van der Waals surface area contributed by atoms with Gasteiger partial charge in [0, 0.05) is 11.3 Å². The number of hydrogen-bond donors (Lipinski definition) is 1. The third-order valence-corrected chi connectivity index (χ3v) is 3.76. The standard InChI is InChI=1S/C18H16N4O2/c1-5-13-6-8-14(9-7-13)21-18(23)15-17-20-11(2)16(24-4)12(3)22(17)10-19-15/h1,6-10H,2-4H3,(H,21,23). The molecule has 0 fully saturated rings. The van der Waals surface area contributed by atoms with Gasteiger partial charge in [-0.3, -0.25) is 9.20 Å². The molecule has 6 heteroatoms. The van der Waals surface area contributed by atoms with Crippen LogP contribution < -0.4 is 10.1 Å². The number of amides is 1. The van der Waals surface area contributed by atoms with Gasteiger partial charge in [-0.05, 0) is 38.1 Å². The van der Waals surface area contributed by atoms with Crippen LogP contribution in [-0.4, -0.2) is 27.4 Å². The molecular weight excluding hydrogens is 304 g/mol. The van der Waals surface area contributed by atoms with E-state index in [1.165, 1.54) is 0 Å². The lowest BCUT2D eigenvalue weighted by atomic mass is 10.2. The van der Waals surface area contributed by atoms with E-state index < -0.39 is 0 Å². The SMILES string of the molecule is C#Cc1ccc(NC(=O)c2ncn3c(C)c(OC)c(C)nc23)cc1. The molecule has 0 aliphatic heterocycles. The molecule has 6 nitrogen and oxygen atoms in total. The third-order valence-electron chi connectivity index (χ3n) is 3.76. The van der Waals surface area contributed by atoms with Crippen molar-refractivity contribution >= 4 is 17.2 Å². The van der Waals surface area contributed by atoms with E-state index in [4.69, 9.17) is 11.2 Å². The summed E-state index contributed by atoms with van der Waals surface area (Å²) in [5.41, 5.74) is 3.68. The molecule has 2 aromatic heterocycles. The zero-order valence-corrected chi connectivity index (χ0v) is 13.6.